The predicted octanol–water partition coefficient (Wildman–Crippen LogP) is 10.4. The van der Waals surface area contributed by atoms with Gasteiger partial charge in [0, 0.05) is 144 Å². The molecule has 0 fully saturated rings. The number of carbonyl (C=O) groups is 4. The van der Waals surface area contributed by atoms with Gasteiger partial charge in [-0.1, -0.05) is 95.9 Å². The number of hydrogen-bond acceptors (Lipinski definition) is 16. The van der Waals surface area contributed by atoms with Crippen LogP contribution in [0.15, 0.2) is 73.3 Å². The number of hydrogen-bond donors (Lipinski definition) is 4. The van der Waals surface area contributed by atoms with Gasteiger partial charge in [0.05, 0.1) is 48.5 Å². The van der Waals surface area contributed by atoms with Gasteiger partial charge in [-0.05, 0) is 128 Å². The Balaban J connectivity index is 0.981. The second kappa shape index (κ2) is 36.0. The Morgan fingerprint density at radius 2 is 0.540 bits per heavy atom. The molecule has 8 aromatic heterocycles. The minimum Gasteiger partial charge on any atom is -0.452 e. The number of nitrogens with zero attached hydrogens (tertiary/aromatic N) is 12. The second-order valence-corrected chi connectivity index (χ2v) is 27.1. The molecule has 8 bridgehead atoms. The summed E-state index contributed by atoms with van der Waals surface area (Å²) in [4.78, 5) is 65.1. The highest BCUT2D eigenvalue weighted by atomic mass is 16.5. The molecule has 100 heavy (non-hydrogen) atoms. The zero-order chi connectivity index (χ0) is 70.8. The topological polar surface area (TPSA) is 291 Å². The molecule has 1 aliphatic heterocycles. The summed E-state index contributed by atoms with van der Waals surface area (Å²) in [5.41, 5.74) is 10.1. The number of terminal acetylenes is 4. The Bertz CT molecular complexity index is 3520. The third kappa shape index (κ3) is 20.0. The normalized spacial score (nSPS) is 17.8. The SMILES string of the molecule is C#CCOC(=O)CCc1cn(CCCCCC2(C)c3ccc([nH]3)C(C)(CCCCCn3cc(CCC(=O)OCC#C)nn3)c3ccc([nH]3)C(C)(CCCCCn3cc(CCC(=O)OCC#C)nn3)c3ccc([nH]3)C(C)(CCCCCn3cc(CCC(=O)OCC#C)nn3)c3ccc2[nH]3)nn1. The average Bonchev–Trinajstić information content (AvgIpc) is 1.59. The Morgan fingerprint density at radius 1 is 0.340 bits per heavy atom. The van der Waals surface area contributed by atoms with E-state index in [0.29, 0.717) is 51.9 Å². The second-order valence-electron chi connectivity index (χ2n) is 27.1. The predicted molar refractivity (Wildman–Crippen MR) is 375 cm³/mol. The zero-order valence-electron chi connectivity index (χ0n) is 58.5. The number of H-pyrrole nitrogens is 4. The average molecular weight is 1360 g/mol. The molecular formula is C76H96N16O8. The van der Waals surface area contributed by atoms with Crippen molar-refractivity contribution in [1.82, 2.24) is 79.9 Å². The summed E-state index contributed by atoms with van der Waals surface area (Å²) in [7, 11) is 0. The Hall–Kier alpha value is -10.2. The van der Waals surface area contributed by atoms with E-state index in [-0.39, 0.29) is 76.0 Å². The van der Waals surface area contributed by atoms with Crippen LogP contribution in [0.2, 0.25) is 0 Å². The third-order valence-corrected chi connectivity index (χ3v) is 19.7. The highest BCUT2D eigenvalue weighted by molar-refractivity contribution is 5.71. The zero-order valence-corrected chi connectivity index (χ0v) is 58.5. The van der Waals surface area contributed by atoms with Gasteiger partial charge in [-0.2, -0.15) is 0 Å². The fourth-order valence-electron chi connectivity index (χ4n) is 13.5. The first kappa shape index (κ1) is 74.0. The minimum atomic E-state index is -0.462. The Morgan fingerprint density at radius 3 is 0.730 bits per heavy atom. The van der Waals surface area contributed by atoms with Gasteiger partial charge in [-0.15, -0.1) is 46.1 Å². The van der Waals surface area contributed by atoms with Crippen LogP contribution < -0.4 is 0 Å². The summed E-state index contributed by atoms with van der Waals surface area (Å²) in [5, 5.41) is 34.8. The monoisotopic (exact) mass is 1360 g/mol. The van der Waals surface area contributed by atoms with Crippen LogP contribution in [0.4, 0.5) is 0 Å². The van der Waals surface area contributed by atoms with E-state index < -0.39 is 21.7 Å². The number of unbranched alkanes of at least 4 members (excludes halogenated alkanes) is 8. The Labute approximate surface area is 586 Å². The van der Waals surface area contributed by atoms with E-state index in [1.807, 2.05) is 43.5 Å². The number of fused-ring (bicyclic) bond motifs is 8. The molecule has 0 saturated heterocycles. The van der Waals surface area contributed by atoms with Gasteiger partial charge in [0.25, 0.3) is 0 Å². The summed E-state index contributed by atoms with van der Waals surface area (Å²) in [6, 6.07) is 18.4. The smallest absolute Gasteiger partial charge is 0.307 e. The molecule has 24 heteroatoms. The van der Waals surface area contributed by atoms with E-state index in [1.54, 1.807) is 0 Å². The van der Waals surface area contributed by atoms with Crippen molar-refractivity contribution >= 4 is 23.9 Å². The maximum atomic E-state index is 12.1. The van der Waals surface area contributed by atoms with Gasteiger partial charge in [0.2, 0.25) is 0 Å². The largest absolute Gasteiger partial charge is 0.452 e. The fourth-order valence-corrected chi connectivity index (χ4v) is 13.5. The highest BCUT2D eigenvalue weighted by Crippen LogP contribution is 2.46. The van der Waals surface area contributed by atoms with Crippen LogP contribution in [0.25, 0.3) is 0 Å². The number of rotatable bonds is 40. The molecular weight excluding hydrogens is 1260 g/mol. The third-order valence-electron chi connectivity index (χ3n) is 19.7. The van der Waals surface area contributed by atoms with Gasteiger partial charge in [-0.3, -0.25) is 37.9 Å². The molecule has 8 aromatic rings. The Kier molecular flexibility index (Phi) is 26.7. The molecule has 0 amide bonds. The number of aromatic amines is 4. The quantitative estimate of drug-likeness (QED) is 0.0120. The van der Waals surface area contributed by atoms with E-state index in [4.69, 9.17) is 44.6 Å². The molecule has 0 unspecified atom stereocenters. The minimum absolute atomic E-state index is 0.0494. The van der Waals surface area contributed by atoms with Crippen LogP contribution in [0.1, 0.15) is 224 Å². The number of ether oxygens (including phenoxy) is 4. The number of carbonyl (C=O) groups excluding carboxylic acids is 4. The standard InChI is InChI=1S/C76H96N16O8/c1-9-49-97-69(93)37-25-57-53-89(85-81-57)45-21-13-17-41-73(5)61-29-31-63(77-61)74(6,42-18-14-22-46-90-54-58(82-86-90)26-38-70(94)98-50-10-2)65-33-35-67(79-65)76(8,44-20-16-24-48-92-56-60(84-88-92)28-40-72(96)100-52-12-4)68-36-34-66(80-68)75(7,64-32-30-62(73)78-64)43-19-15-23-47-91-55-59(83-87-91)27-39-71(95)99-51-11-3/h1-4,29-36,53-56,77-80H,13-28,37-52H2,5-8H3. The molecule has 0 atom stereocenters. The van der Waals surface area contributed by atoms with Crippen molar-refractivity contribution in [3.8, 4) is 49.4 Å². The van der Waals surface area contributed by atoms with Gasteiger partial charge in [0.15, 0.2) is 26.4 Å². The molecule has 0 aromatic carbocycles. The lowest BCUT2D eigenvalue weighted by molar-refractivity contribution is -0.143. The maximum Gasteiger partial charge on any atom is 0.307 e. The van der Waals surface area contributed by atoms with E-state index in [9.17, 15) is 19.2 Å². The summed E-state index contributed by atoms with van der Waals surface area (Å²) in [6.07, 6.45) is 45.6. The summed E-state index contributed by atoms with van der Waals surface area (Å²) >= 11 is 0. The van der Waals surface area contributed by atoms with Crippen molar-refractivity contribution < 1.29 is 38.1 Å². The van der Waals surface area contributed by atoms with E-state index in [1.165, 1.54) is 0 Å². The number of aromatic nitrogens is 16. The van der Waals surface area contributed by atoms with Gasteiger partial charge in [-0.25, -0.2) is 0 Å². The molecule has 24 nitrogen and oxygen atoms in total. The fraction of sp³-hybridized carbons (Fsp3) is 0.526. The molecule has 0 spiro atoms. The highest BCUT2D eigenvalue weighted by Gasteiger charge is 2.41. The molecule has 9 rings (SSSR count). The first-order valence-corrected chi connectivity index (χ1v) is 35.2. The molecule has 0 aliphatic carbocycles. The molecule has 0 saturated carbocycles. The van der Waals surface area contributed by atoms with Gasteiger partial charge in [0.1, 0.15) is 0 Å². The molecule has 4 N–H and O–H groups in total. The summed E-state index contributed by atoms with van der Waals surface area (Å²) < 4.78 is 27.6. The van der Waals surface area contributed by atoms with Crippen molar-refractivity contribution in [1.29, 1.82) is 0 Å². The number of nitrogens with one attached hydrogen (secondary N) is 4. The van der Waals surface area contributed by atoms with Crippen LogP contribution in [-0.2, 0) is 112 Å². The molecule has 9 heterocycles. The van der Waals surface area contributed by atoms with Crippen LogP contribution in [0, 0.1) is 49.4 Å². The van der Waals surface area contributed by atoms with E-state index in [0.717, 1.165) is 171 Å². The first-order chi connectivity index (χ1) is 48.5. The molecule has 1 aliphatic rings. The lowest BCUT2D eigenvalue weighted by Crippen LogP contribution is -2.30. The van der Waals surface area contributed by atoms with Crippen LogP contribution in [0.5, 0.6) is 0 Å². The van der Waals surface area contributed by atoms with E-state index >= 15 is 0 Å². The maximum absolute atomic E-state index is 12.1. The van der Waals surface area contributed by atoms with Gasteiger partial charge < -0.3 is 38.9 Å². The lowest BCUT2D eigenvalue weighted by Gasteiger charge is -2.33. The lowest BCUT2D eigenvalue weighted by atomic mass is 9.78. The summed E-state index contributed by atoms with van der Waals surface area (Å²) in [5.74, 6) is 7.89. The van der Waals surface area contributed by atoms with Crippen molar-refractivity contribution in [2.75, 3.05) is 26.4 Å². The van der Waals surface area contributed by atoms with Crippen LogP contribution in [-0.4, -0.2) is 130 Å². The first-order valence-electron chi connectivity index (χ1n) is 35.2. The van der Waals surface area contributed by atoms with Crippen LogP contribution in [0.3, 0.4) is 0 Å². The van der Waals surface area contributed by atoms with Crippen molar-refractivity contribution in [2.45, 2.75) is 230 Å². The number of aryl methyl sites for hydroxylation is 8. The van der Waals surface area contributed by atoms with E-state index in [2.05, 4.69) is 161 Å². The van der Waals surface area contributed by atoms with Gasteiger partial charge >= 0.3 is 23.9 Å². The van der Waals surface area contributed by atoms with Crippen molar-refractivity contribution in [3.05, 3.63) is 142 Å². The van der Waals surface area contributed by atoms with Crippen molar-refractivity contribution in [3.63, 3.8) is 0 Å². The van der Waals surface area contributed by atoms with Crippen LogP contribution >= 0.6 is 0 Å². The summed E-state index contributed by atoms with van der Waals surface area (Å²) in [6.45, 7) is 12.0. The molecule has 0 radical (unpaired) electrons. The van der Waals surface area contributed by atoms with Crippen molar-refractivity contribution in [2.24, 2.45) is 0 Å². The number of esters is 4. The molecule has 528 valence electrons.